The molecule has 0 aromatic heterocycles. The second kappa shape index (κ2) is 5.24. The summed E-state index contributed by atoms with van der Waals surface area (Å²) in [6, 6.07) is 0. The van der Waals surface area contributed by atoms with Gasteiger partial charge in [0.2, 0.25) is 0 Å². The first-order valence-corrected chi connectivity index (χ1v) is 4.71. The fraction of sp³-hybridized carbons (Fsp3) is 0.727. The first-order valence-electron chi connectivity index (χ1n) is 4.71. The lowest BCUT2D eigenvalue weighted by Crippen LogP contribution is -2.05. The second-order valence-corrected chi connectivity index (χ2v) is 3.22. The van der Waals surface area contributed by atoms with E-state index < -0.39 is 0 Å². The lowest BCUT2D eigenvalue weighted by Gasteiger charge is -2.18. The molecule has 1 saturated carbocycles. The summed E-state index contributed by atoms with van der Waals surface area (Å²) in [5.41, 5.74) is 0. The zero-order valence-electron chi connectivity index (χ0n) is 7.40. The molecule has 0 aliphatic heterocycles. The maximum Gasteiger partial charge on any atom is 0.0117 e. The molecule has 11 heavy (non-hydrogen) atoms. The molecule has 61 valence electrons. The Morgan fingerprint density at radius 2 is 2.00 bits per heavy atom. The van der Waals surface area contributed by atoms with E-state index in [0.717, 1.165) is 18.8 Å². The fourth-order valence-electron chi connectivity index (χ4n) is 1.54. The predicted molar refractivity (Wildman–Crippen MR) is 48.9 cm³/mol. The van der Waals surface area contributed by atoms with Crippen LogP contribution in [-0.2, 0) is 0 Å². The molecule has 1 radical (unpaired) electrons. The minimum atomic E-state index is 0.902. The second-order valence-electron chi connectivity index (χ2n) is 3.22. The van der Waals surface area contributed by atoms with Crippen LogP contribution in [0.1, 0.15) is 45.4 Å². The Bertz CT molecular complexity index is 141. The molecule has 0 unspecified atom stereocenters. The molecule has 0 N–H and O–H groups in total. The van der Waals surface area contributed by atoms with Gasteiger partial charge in [-0.3, -0.25) is 0 Å². The van der Waals surface area contributed by atoms with Gasteiger partial charge < -0.3 is 0 Å². The zero-order valence-corrected chi connectivity index (χ0v) is 7.40. The molecule has 0 aromatic rings. The van der Waals surface area contributed by atoms with Crippen LogP contribution in [0.2, 0.25) is 0 Å². The maximum atomic E-state index is 3.24. The van der Waals surface area contributed by atoms with E-state index in [4.69, 9.17) is 0 Å². The zero-order chi connectivity index (χ0) is 7.94. The van der Waals surface area contributed by atoms with Crippen LogP contribution in [0.25, 0.3) is 0 Å². The number of hydrogen-bond donors (Lipinski definition) is 0. The van der Waals surface area contributed by atoms with Crippen LogP contribution in [0.4, 0.5) is 0 Å². The van der Waals surface area contributed by atoms with Crippen LogP contribution in [0, 0.1) is 24.2 Å². The Labute approximate surface area is 70.4 Å². The fourth-order valence-corrected chi connectivity index (χ4v) is 1.54. The average molecular weight is 149 g/mol. The van der Waals surface area contributed by atoms with Crippen molar-refractivity contribution in [1.29, 1.82) is 0 Å². The number of rotatable bonds is 1. The van der Waals surface area contributed by atoms with Gasteiger partial charge >= 0.3 is 0 Å². The minimum absolute atomic E-state index is 0.902. The third kappa shape index (κ3) is 3.46. The Hall–Kier alpha value is -0.440. The van der Waals surface area contributed by atoms with Crippen molar-refractivity contribution in [1.82, 2.24) is 0 Å². The van der Waals surface area contributed by atoms with Gasteiger partial charge in [0.1, 0.15) is 0 Å². The highest BCUT2D eigenvalue weighted by Gasteiger charge is 2.11. The van der Waals surface area contributed by atoms with Crippen molar-refractivity contribution in [3.05, 3.63) is 6.42 Å². The molecular formula is C11H17. The SMILES string of the molecule is CCC#CCC1CC[CH]CC1. The Balaban J connectivity index is 2.14. The summed E-state index contributed by atoms with van der Waals surface area (Å²) < 4.78 is 0. The van der Waals surface area contributed by atoms with Gasteiger partial charge in [0.25, 0.3) is 0 Å². The third-order valence-electron chi connectivity index (χ3n) is 2.25. The first-order chi connectivity index (χ1) is 5.43. The van der Waals surface area contributed by atoms with E-state index in [-0.39, 0.29) is 0 Å². The van der Waals surface area contributed by atoms with E-state index >= 15 is 0 Å². The largest absolute Gasteiger partial charge is 0.104 e. The van der Waals surface area contributed by atoms with E-state index in [2.05, 4.69) is 25.2 Å². The summed E-state index contributed by atoms with van der Waals surface area (Å²) in [5.74, 6) is 7.28. The van der Waals surface area contributed by atoms with Gasteiger partial charge in [0.15, 0.2) is 0 Å². The smallest absolute Gasteiger partial charge is 0.0117 e. The van der Waals surface area contributed by atoms with Crippen LogP contribution < -0.4 is 0 Å². The maximum absolute atomic E-state index is 3.24. The molecule has 0 bridgehead atoms. The topological polar surface area (TPSA) is 0 Å². The van der Waals surface area contributed by atoms with Crippen molar-refractivity contribution >= 4 is 0 Å². The first kappa shape index (κ1) is 8.65. The molecule has 1 fully saturated rings. The van der Waals surface area contributed by atoms with Crippen molar-refractivity contribution in [3.63, 3.8) is 0 Å². The lowest BCUT2D eigenvalue weighted by molar-refractivity contribution is 0.414. The van der Waals surface area contributed by atoms with Gasteiger partial charge in [0.05, 0.1) is 0 Å². The molecule has 0 heteroatoms. The monoisotopic (exact) mass is 149 g/mol. The quantitative estimate of drug-likeness (QED) is 0.502. The molecule has 0 aromatic carbocycles. The van der Waals surface area contributed by atoms with Crippen molar-refractivity contribution in [2.75, 3.05) is 0 Å². The van der Waals surface area contributed by atoms with Gasteiger partial charge in [-0.1, -0.05) is 6.92 Å². The van der Waals surface area contributed by atoms with Crippen molar-refractivity contribution < 1.29 is 0 Å². The minimum Gasteiger partial charge on any atom is -0.104 e. The van der Waals surface area contributed by atoms with Crippen molar-refractivity contribution in [2.24, 2.45) is 5.92 Å². The molecule has 0 saturated heterocycles. The van der Waals surface area contributed by atoms with E-state index in [0.29, 0.717) is 0 Å². The predicted octanol–water partition coefficient (Wildman–Crippen LogP) is 3.18. The Morgan fingerprint density at radius 3 is 2.64 bits per heavy atom. The highest BCUT2D eigenvalue weighted by molar-refractivity contribution is 4.99. The molecule has 0 spiro atoms. The summed E-state index contributed by atoms with van der Waals surface area (Å²) in [6.45, 7) is 2.11. The Kier molecular flexibility index (Phi) is 4.12. The molecular weight excluding hydrogens is 132 g/mol. The summed E-state index contributed by atoms with van der Waals surface area (Å²) in [4.78, 5) is 0. The van der Waals surface area contributed by atoms with Crippen LogP contribution in [-0.4, -0.2) is 0 Å². The molecule has 1 rings (SSSR count). The molecule has 0 atom stereocenters. The van der Waals surface area contributed by atoms with E-state index in [1.54, 1.807) is 0 Å². The van der Waals surface area contributed by atoms with Gasteiger partial charge in [-0.15, -0.1) is 11.8 Å². The highest BCUT2D eigenvalue weighted by Crippen LogP contribution is 2.24. The molecule has 0 amide bonds. The van der Waals surface area contributed by atoms with Crippen LogP contribution in [0.15, 0.2) is 0 Å². The van der Waals surface area contributed by atoms with Crippen molar-refractivity contribution in [2.45, 2.75) is 45.4 Å². The lowest BCUT2D eigenvalue weighted by atomic mass is 9.87. The van der Waals surface area contributed by atoms with Crippen LogP contribution >= 0.6 is 0 Å². The van der Waals surface area contributed by atoms with Gasteiger partial charge in [-0.25, -0.2) is 0 Å². The van der Waals surface area contributed by atoms with E-state index in [1.165, 1.54) is 25.7 Å². The van der Waals surface area contributed by atoms with Crippen LogP contribution in [0.3, 0.4) is 0 Å². The van der Waals surface area contributed by atoms with E-state index in [9.17, 15) is 0 Å². The normalized spacial score (nSPS) is 19.0. The summed E-state index contributed by atoms with van der Waals surface area (Å²) in [7, 11) is 0. The summed E-state index contributed by atoms with van der Waals surface area (Å²) in [6.07, 6.45) is 9.94. The van der Waals surface area contributed by atoms with Gasteiger partial charge in [0, 0.05) is 12.8 Å². The third-order valence-corrected chi connectivity index (χ3v) is 2.25. The van der Waals surface area contributed by atoms with E-state index in [1.807, 2.05) is 0 Å². The van der Waals surface area contributed by atoms with Gasteiger partial charge in [-0.05, 0) is 38.0 Å². The molecule has 0 nitrogen and oxygen atoms in total. The summed E-state index contributed by atoms with van der Waals surface area (Å²) >= 11 is 0. The number of hydrogen-bond acceptors (Lipinski definition) is 0. The summed E-state index contributed by atoms with van der Waals surface area (Å²) in [5, 5.41) is 0. The van der Waals surface area contributed by atoms with Crippen molar-refractivity contribution in [3.8, 4) is 11.8 Å². The average Bonchev–Trinajstić information content (AvgIpc) is 2.07. The van der Waals surface area contributed by atoms with Gasteiger partial charge in [-0.2, -0.15) is 0 Å². The molecule has 1 aliphatic rings. The Morgan fingerprint density at radius 1 is 1.27 bits per heavy atom. The highest BCUT2D eigenvalue weighted by atomic mass is 14.2. The van der Waals surface area contributed by atoms with Crippen LogP contribution in [0.5, 0.6) is 0 Å². The molecule has 1 aliphatic carbocycles. The molecule has 0 heterocycles. The standard InChI is InChI=1S/C11H17/c1-2-3-5-8-11-9-6-4-7-10-11/h4,11H,2,6-10H2,1H3.